The van der Waals surface area contributed by atoms with E-state index in [4.69, 9.17) is 5.73 Å². The van der Waals surface area contributed by atoms with Crippen molar-refractivity contribution in [1.29, 1.82) is 0 Å². The van der Waals surface area contributed by atoms with Gasteiger partial charge in [0.1, 0.15) is 0 Å². The van der Waals surface area contributed by atoms with E-state index in [0.29, 0.717) is 5.56 Å². The highest BCUT2D eigenvalue weighted by Crippen LogP contribution is 2.29. The fraction of sp³-hybridized carbons (Fsp3) is 0.0625. The van der Waals surface area contributed by atoms with Crippen LogP contribution in [-0.2, 0) is 0 Å². The van der Waals surface area contributed by atoms with Crippen LogP contribution >= 0.6 is 0 Å². The van der Waals surface area contributed by atoms with Gasteiger partial charge in [0.15, 0.2) is 0 Å². The van der Waals surface area contributed by atoms with Crippen LogP contribution < -0.4 is 5.73 Å². The van der Waals surface area contributed by atoms with Gasteiger partial charge in [-0.1, -0.05) is 42.5 Å². The molecular formula is C16H14N2O. The number of rotatable bonds is 2. The normalized spacial score (nSPS) is 10.8. The number of carbonyl (C=O) groups is 1. The fourth-order valence-electron chi connectivity index (χ4n) is 2.42. The number of aromatic amines is 1. The zero-order chi connectivity index (χ0) is 13.4. The molecule has 0 radical (unpaired) electrons. The molecule has 3 aromatic rings. The highest BCUT2D eigenvalue weighted by Gasteiger charge is 2.12. The monoisotopic (exact) mass is 250 g/mol. The van der Waals surface area contributed by atoms with Gasteiger partial charge in [-0.3, -0.25) is 4.79 Å². The van der Waals surface area contributed by atoms with Crippen molar-refractivity contribution in [2.75, 3.05) is 0 Å². The molecule has 0 aliphatic carbocycles. The maximum Gasteiger partial charge on any atom is 0.250 e. The predicted octanol–water partition coefficient (Wildman–Crippen LogP) is 3.24. The van der Waals surface area contributed by atoms with E-state index in [-0.39, 0.29) is 0 Å². The van der Waals surface area contributed by atoms with Gasteiger partial charge in [-0.25, -0.2) is 0 Å². The van der Waals surface area contributed by atoms with Crippen LogP contribution in [0.3, 0.4) is 0 Å². The largest absolute Gasteiger partial charge is 0.366 e. The lowest BCUT2D eigenvalue weighted by atomic mass is 10.0. The van der Waals surface area contributed by atoms with E-state index in [0.717, 1.165) is 22.3 Å². The summed E-state index contributed by atoms with van der Waals surface area (Å²) in [7, 11) is 0. The summed E-state index contributed by atoms with van der Waals surface area (Å²) in [5.41, 5.74) is 8.70. The molecule has 1 amide bonds. The number of H-pyrrole nitrogens is 1. The lowest BCUT2D eigenvalue weighted by molar-refractivity contribution is 0.1000. The molecule has 19 heavy (non-hydrogen) atoms. The van der Waals surface area contributed by atoms with E-state index in [1.807, 2.05) is 37.3 Å². The summed E-state index contributed by atoms with van der Waals surface area (Å²) in [5, 5.41) is 2.33. The van der Waals surface area contributed by atoms with Crippen molar-refractivity contribution in [2.45, 2.75) is 6.92 Å². The molecular weight excluding hydrogens is 236 g/mol. The first kappa shape index (κ1) is 11.5. The number of hydrogen-bond donors (Lipinski definition) is 2. The van der Waals surface area contributed by atoms with Crippen LogP contribution in [0.15, 0.2) is 48.5 Å². The van der Waals surface area contributed by atoms with Crippen LogP contribution in [0, 0.1) is 6.92 Å². The zero-order valence-electron chi connectivity index (χ0n) is 10.6. The first-order valence-corrected chi connectivity index (χ1v) is 6.14. The maximum atomic E-state index is 11.3. The molecule has 1 heterocycles. The van der Waals surface area contributed by atoms with Crippen LogP contribution in [0.5, 0.6) is 0 Å². The Labute approximate surface area is 111 Å². The molecule has 0 bridgehead atoms. The van der Waals surface area contributed by atoms with Crippen molar-refractivity contribution in [2.24, 2.45) is 5.73 Å². The minimum Gasteiger partial charge on any atom is -0.366 e. The van der Waals surface area contributed by atoms with E-state index in [1.54, 1.807) is 0 Å². The number of aromatic nitrogens is 1. The second kappa shape index (κ2) is 4.28. The highest BCUT2D eigenvalue weighted by atomic mass is 16.1. The molecule has 0 fully saturated rings. The number of benzene rings is 2. The molecule has 0 spiro atoms. The molecule has 94 valence electrons. The predicted molar refractivity (Wildman–Crippen MR) is 77.0 cm³/mol. The molecule has 1 aromatic heterocycles. The molecule has 0 saturated heterocycles. The summed E-state index contributed by atoms with van der Waals surface area (Å²) >= 11 is 0. The molecule has 3 heteroatoms. The van der Waals surface area contributed by atoms with Gasteiger partial charge in [0, 0.05) is 17.0 Å². The Balaban J connectivity index is 2.25. The van der Waals surface area contributed by atoms with Crippen molar-refractivity contribution in [3.63, 3.8) is 0 Å². The van der Waals surface area contributed by atoms with Gasteiger partial charge in [0.2, 0.25) is 0 Å². The lowest BCUT2D eigenvalue weighted by Crippen LogP contribution is -2.10. The molecule has 0 atom stereocenters. The highest BCUT2D eigenvalue weighted by molar-refractivity contribution is 5.99. The van der Waals surface area contributed by atoms with Crippen molar-refractivity contribution in [3.8, 4) is 11.3 Å². The first-order chi connectivity index (χ1) is 9.16. The summed E-state index contributed by atoms with van der Waals surface area (Å²) in [6.45, 7) is 1.86. The van der Waals surface area contributed by atoms with Gasteiger partial charge in [-0.15, -0.1) is 0 Å². The number of primary amides is 1. The van der Waals surface area contributed by atoms with Crippen LogP contribution in [0.25, 0.3) is 22.0 Å². The fourth-order valence-corrected chi connectivity index (χ4v) is 2.42. The molecule has 3 nitrogen and oxygen atoms in total. The topological polar surface area (TPSA) is 58.9 Å². The Morgan fingerprint density at radius 1 is 1.11 bits per heavy atom. The number of fused-ring (bicyclic) bond motifs is 1. The van der Waals surface area contributed by atoms with Gasteiger partial charge in [-0.2, -0.15) is 0 Å². The van der Waals surface area contributed by atoms with Crippen LogP contribution in [0.4, 0.5) is 0 Å². The average molecular weight is 250 g/mol. The van der Waals surface area contributed by atoms with Crippen LogP contribution in [-0.4, -0.2) is 10.9 Å². The SMILES string of the molecule is Cc1[nH]c(-c2cccc3ccccc23)cc1C(N)=O. The zero-order valence-corrected chi connectivity index (χ0v) is 10.6. The number of hydrogen-bond acceptors (Lipinski definition) is 1. The van der Waals surface area contributed by atoms with E-state index >= 15 is 0 Å². The second-order valence-corrected chi connectivity index (χ2v) is 4.61. The summed E-state index contributed by atoms with van der Waals surface area (Å²) in [6, 6.07) is 16.1. The Hall–Kier alpha value is -2.55. The van der Waals surface area contributed by atoms with E-state index in [2.05, 4.69) is 23.2 Å². The maximum absolute atomic E-state index is 11.3. The molecule has 0 unspecified atom stereocenters. The third-order valence-electron chi connectivity index (χ3n) is 3.36. The third kappa shape index (κ3) is 1.89. The van der Waals surface area contributed by atoms with Crippen molar-refractivity contribution >= 4 is 16.7 Å². The van der Waals surface area contributed by atoms with E-state index in [9.17, 15) is 4.79 Å². The lowest BCUT2D eigenvalue weighted by Gasteiger charge is -2.04. The van der Waals surface area contributed by atoms with Gasteiger partial charge in [-0.05, 0) is 23.8 Å². The van der Waals surface area contributed by atoms with Gasteiger partial charge in [0.25, 0.3) is 5.91 Å². The molecule has 3 N–H and O–H groups in total. The molecule has 0 saturated carbocycles. The quantitative estimate of drug-likeness (QED) is 0.720. The summed E-state index contributed by atoms with van der Waals surface area (Å²) < 4.78 is 0. The van der Waals surface area contributed by atoms with Crippen molar-refractivity contribution in [3.05, 3.63) is 59.8 Å². The number of amides is 1. The van der Waals surface area contributed by atoms with Crippen LogP contribution in [0.2, 0.25) is 0 Å². The minimum atomic E-state index is -0.403. The summed E-state index contributed by atoms with van der Waals surface area (Å²) in [5.74, 6) is -0.403. The van der Waals surface area contributed by atoms with E-state index < -0.39 is 5.91 Å². The Bertz CT molecular complexity index is 766. The standard InChI is InChI=1S/C16H14N2O/c1-10-14(16(17)19)9-15(18-10)13-8-4-6-11-5-2-3-7-12(11)13/h2-9,18H,1H3,(H2,17,19). The van der Waals surface area contributed by atoms with Crippen molar-refractivity contribution in [1.82, 2.24) is 4.98 Å². The van der Waals surface area contributed by atoms with Crippen LogP contribution in [0.1, 0.15) is 16.1 Å². The van der Waals surface area contributed by atoms with E-state index in [1.165, 1.54) is 5.39 Å². The van der Waals surface area contributed by atoms with Gasteiger partial charge >= 0.3 is 0 Å². The Morgan fingerprint density at radius 3 is 2.58 bits per heavy atom. The summed E-state index contributed by atoms with van der Waals surface area (Å²) in [6.07, 6.45) is 0. The Morgan fingerprint density at radius 2 is 1.84 bits per heavy atom. The smallest absolute Gasteiger partial charge is 0.250 e. The second-order valence-electron chi connectivity index (χ2n) is 4.61. The third-order valence-corrected chi connectivity index (χ3v) is 3.36. The van der Waals surface area contributed by atoms with Crippen molar-refractivity contribution < 1.29 is 4.79 Å². The Kier molecular flexibility index (Phi) is 2.60. The molecule has 0 aliphatic heterocycles. The molecule has 3 rings (SSSR count). The average Bonchev–Trinajstić information content (AvgIpc) is 2.80. The molecule has 0 aliphatic rings. The number of aryl methyl sites for hydroxylation is 1. The number of nitrogens with one attached hydrogen (secondary N) is 1. The minimum absolute atomic E-state index is 0.403. The van der Waals surface area contributed by atoms with Gasteiger partial charge in [0.05, 0.1) is 5.56 Å². The number of carbonyl (C=O) groups excluding carboxylic acids is 1. The first-order valence-electron chi connectivity index (χ1n) is 6.14. The number of nitrogens with two attached hydrogens (primary N) is 1. The summed E-state index contributed by atoms with van der Waals surface area (Å²) in [4.78, 5) is 14.6. The molecule has 2 aromatic carbocycles. The van der Waals surface area contributed by atoms with Gasteiger partial charge < -0.3 is 10.7 Å².